The highest BCUT2D eigenvalue weighted by molar-refractivity contribution is 6.51. The van der Waals surface area contributed by atoms with E-state index in [2.05, 4.69) is 25.8 Å². The maximum Gasteiger partial charge on any atom is 0.300 e. The van der Waals surface area contributed by atoms with Crippen molar-refractivity contribution in [2.24, 2.45) is 0 Å². The number of hydrogen-bond donors (Lipinski definition) is 1. The van der Waals surface area contributed by atoms with Gasteiger partial charge in [-0.15, -0.1) is 0 Å². The number of rotatable bonds is 4. The molecule has 0 aliphatic carbocycles. The van der Waals surface area contributed by atoms with E-state index in [0.717, 1.165) is 5.56 Å². The molecule has 2 aromatic carbocycles. The van der Waals surface area contributed by atoms with Gasteiger partial charge >= 0.3 is 0 Å². The summed E-state index contributed by atoms with van der Waals surface area (Å²) >= 11 is 0. The highest BCUT2D eigenvalue weighted by Gasteiger charge is 2.47. The minimum atomic E-state index is -0.878. The van der Waals surface area contributed by atoms with Crippen molar-refractivity contribution in [1.29, 1.82) is 0 Å². The molecule has 1 saturated heterocycles. The van der Waals surface area contributed by atoms with Crippen LogP contribution in [0.5, 0.6) is 5.75 Å². The summed E-state index contributed by atoms with van der Waals surface area (Å²) in [5, 5.41) is 11.5. The van der Waals surface area contributed by atoms with E-state index in [4.69, 9.17) is 4.74 Å². The first-order chi connectivity index (χ1) is 15.7. The summed E-state index contributed by atoms with van der Waals surface area (Å²) in [7, 11) is 1.50. The Morgan fingerprint density at radius 3 is 2.30 bits per heavy atom. The number of Topliss-reactive ketones (excluding diaryl/α,β-unsaturated/α-hetero) is 1. The molecule has 168 valence electrons. The fourth-order valence-corrected chi connectivity index (χ4v) is 4.01. The van der Waals surface area contributed by atoms with Crippen LogP contribution >= 0.6 is 0 Å². The number of carbonyl (C=O) groups excluding carboxylic acids is 2. The summed E-state index contributed by atoms with van der Waals surface area (Å²) in [6.45, 7) is 6.17. The molecule has 4 rings (SSSR count). The fraction of sp³-hybridized carbons (Fsp3) is 0.222. The molecule has 0 saturated carbocycles. The van der Waals surface area contributed by atoms with Crippen LogP contribution in [0.1, 0.15) is 43.6 Å². The fourth-order valence-electron chi connectivity index (χ4n) is 4.01. The van der Waals surface area contributed by atoms with Crippen molar-refractivity contribution < 1.29 is 19.4 Å². The second-order valence-corrected chi connectivity index (χ2v) is 8.92. The number of carbonyl (C=O) groups is 2. The first-order valence-corrected chi connectivity index (χ1v) is 10.7. The first-order valence-electron chi connectivity index (χ1n) is 10.7. The molecular weight excluding hydrogens is 416 g/mol. The Labute approximate surface area is 193 Å². The summed E-state index contributed by atoms with van der Waals surface area (Å²) in [6, 6.07) is 18.8. The Hall–Kier alpha value is -3.93. The number of methoxy groups -OCH3 is 1. The van der Waals surface area contributed by atoms with Crippen LogP contribution in [0, 0.1) is 0 Å². The van der Waals surface area contributed by atoms with Crippen molar-refractivity contribution in [2.75, 3.05) is 12.0 Å². The van der Waals surface area contributed by atoms with Crippen molar-refractivity contribution in [3.63, 3.8) is 0 Å². The number of hydrogen-bond acceptors (Lipinski definition) is 5. The first kappa shape index (κ1) is 22.3. The second-order valence-electron chi connectivity index (χ2n) is 8.92. The van der Waals surface area contributed by atoms with Crippen molar-refractivity contribution in [3.05, 3.63) is 95.3 Å². The van der Waals surface area contributed by atoms with E-state index >= 15 is 0 Å². The number of aliphatic hydroxyl groups excluding tert-OH is 1. The van der Waals surface area contributed by atoms with Gasteiger partial charge < -0.3 is 9.84 Å². The lowest BCUT2D eigenvalue weighted by Crippen LogP contribution is -2.29. The monoisotopic (exact) mass is 442 g/mol. The lowest BCUT2D eigenvalue weighted by molar-refractivity contribution is -0.132. The maximum atomic E-state index is 13.3. The molecule has 1 fully saturated rings. The third-order valence-electron chi connectivity index (χ3n) is 5.77. The number of pyridine rings is 1. The minimum Gasteiger partial charge on any atom is -0.507 e. The molecule has 0 bridgehead atoms. The van der Waals surface area contributed by atoms with Crippen LogP contribution < -0.4 is 9.64 Å². The van der Waals surface area contributed by atoms with Gasteiger partial charge in [-0.05, 0) is 47.4 Å². The third-order valence-corrected chi connectivity index (χ3v) is 5.77. The SMILES string of the molecule is COc1ccc(C(C)(C)C)cc1/C(O)=C1\C(=O)C(=O)N(c2ccccc2)C1c1ccccn1. The Morgan fingerprint density at radius 1 is 1.00 bits per heavy atom. The third kappa shape index (κ3) is 4.00. The zero-order chi connectivity index (χ0) is 23.8. The standard InChI is InChI=1S/C27H26N2O4/c1-27(2,3)17-13-14-21(33-4)19(16-17)24(30)22-23(20-12-8-9-15-28-20)29(26(32)25(22)31)18-10-6-5-7-11-18/h5-16,23,30H,1-4H3/b24-22+. The molecule has 1 unspecified atom stereocenters. The van der Waals surface area contributed by atoms with Crippen LogP contribution in [0.3, 0.4) is 0 Å². The van der Waals surface area contributed by atoms with Crippen LogP contribution in [-0.2, 0) is 15.0 Å². The average Bonchev–Trinajstić information content (AvgIpc) is 3.09. The number of aromatic nitrogens is 1. The molecule has 1 N–H and O–H groups in total. The average molecular weight is 443 g/mol. The normalized spacial score (nSPS) is 17.9. The Balaban J connectivity index is 1.98. The van der Waals surface area contributed by atoms with Gasteiger partial charge in [0.2, 0.25) is 0 Å². The number of ether oxygens (including phenoxy) is 1. The number of aliphatic hydroxyl groups is 1. The topological polar surface area (TPSA) is 79.7 Å². The van der Waals surface area contributed by atoms with Crippen molar-refractivity contribution in [1.82, 2.24) is 4.98 Å². The van der Waals surface area contributed by atoms with E-state index in [1.54, 1.807) is 60.8 Å². The lowest BCUT2D eigenvalue weighted by atomic mass is 9.85. The number of benzene rings is 2. The highest BCUT2D eigenvalue weighted by atomic mass is 16.5. The van der Waals surface area contributed by atoms with Crippen LogP contribution in [0.25, 0.3) is 5.76 Å². The Kier molecular flexibility index (Phi) is 5.77. The summed E-state index contributed by atoms with van der Waals surface area (Å²) in [5.74, 6) is -1.36. The number of nitrogens with zero attached hydrogens (tertiary/aromatic N) is 2. The van der Waals surface area contributed by atoms with Gasteiger partial charge in [0.25, 0.3) is 11.7 Å². The van der Waals surface area contributed by atoms with Crippen molar-refractivity contribution in [3.8, 4) is 5.75 Å². The predicted molar refractivity (Wildman–Crippen MR) is 127 cm³/mol. The minimum absolute atomic E-state index is 0.0214. The van der Waals surface area contributed by atoms with E-state index in [0.29, 0.717) is 22.7 Å². The zero-order valence-corrected chi connectivity index (χ0v) is 19.1. The molecule has 0 radical (unpaired) electrons. The molecule has 6 heteroatoms. The van der Waals surface area contributed by atoms with E-state index < -0.39 is 17.7 Å². The molecule has 1 aliphatic heterocycles. The largest absolute Gasteiger partial charge is 0.507 e. The van der Waals surface area contributed by atoms with Gasteiger partial charge in [-0.1, -0.05) is 51.1 Å². The number of para-hydroxylation sites is 1. The van der Waals surface area contributed by atoms with Crippen LogP contribution in [0.4, 0.5) is 5.69 Å². The Bertz CT molecular complexity index is 1230. The molecule has 33 heavy (non-hydrogen) atoms. The molecule has 1 aliphatic rings. The van der Waals surface area contributed by atoms with Gasteiger partial charge in [0.05, 0.1) is 23.9 Å². The van der Waals surface area contributed by atoms with E-state index in [1.807, 2.05) is 12.1 Å². The van der Waals surface area contributed by atoms with Crippen LogP contribution in [-0.4, -0.2) is 28.9 Å². The molecule has 0 spiro atoms. The van der Waals surface area contributed by atoms with Gasteiger partial charge in [-0.3, -0.25) is 19.5 Å². The summed E-state index contributed by atoms with van der Waals surface area (Å²) < 4.78 is 5.49. The van der Waals surface area contributed by atoms with E-state index in [-0.39, 0.29) is 16.7 Å². The van der Waals surface area contributed by atoms with Crippen LogP contribution in [0.2, 0.25) is 0 Å². The summed E-state index contributed by atoms with van der Waals surface area (Å²) in [6.07, 6.45) is 1.60. The van der Waals surface area contributed by atoms with E-state index in [1.165, 1.54) is 12.0 Å². The molecule has 1 amide bonds. The molecule has 6 nitrogen and oxygen atoms in total. The van der Waals surface area contributed by atoms with E-state index in [9.17, 15) is 14.7 Å². The number of ketones is 1. The zero-order valence-electron chi connectivity index (χ0n) is 19.1. The highest BCUT2D eigenvalue weighted by Crippen LogP contribution is 2.43. The summed E-state index contributed by atoms with van der Waals surface area (Å²) in [5.41, 5.74) is 2.12. The van der Waals surface area contributed by atoms with Gasteiger partial charge in [-0.2, -0.15) is 0 Å². The van der Waals surface area contributed by atoms with Crippen LogP contribution in [0.15, 0.2) is 78.5 Å². The smallest absolute Gasteiger partial charge is 0.300 e. The number of anilines is 1. The molecule has 2 heterocycles. The predicted octanol–water partition coefficient (Wildman–Crippen LogP) is 5.01. The van der Waals surface area contributed by atoms with Gasteiger partial charge in [0, 0.05) is 11.9 Å². The molecule has 1 atom stereocenters. The lowest BCUT2D eigenvalue weighted by Gasteiger charge is -2.25. The Morgan fingerprint density at radius 2 is 1.70 bits per heavy atom. The quantitative estimate of drug-likeness (QED) is 0.349. The van der Waals surface area contributed by atoms with Crippen molar-refractivity contribution in [2.45, 2.75) is 32.2 Å². The van der Waals surface area contributed by atoms with Crippen molar-refractivity contribution >= 4 is 23.1 Å². The van der Waals surface area contributed by atoms with Gasteiger partial charge in [0.1, 0.15) is 17.6 Å². The molecule has 3 aromatic rings. The molecule has 1 aromatic heterocycles. The van der Waals surface area contributed by atoms with Gasteiger partial charge in [-0.25, -0.2) is 0 Å². The summed E-state index contributed by atoms with van der Waals surface area (Å²) in [4.78, 5) is 32.3. The van der Waals surface area contributed by atoms with Gasteiger partial charge in [0.15, 0.2) is 0 Å². The maximum absolute atomic E-state index is 13.3. The number of amides is 1. The molecular formula is C27H26N2O4. The second kappa shape index (κ2) is 8.54.